The number of H-pyrrole nitrogens is 1. The molecule has 0 amide bonds. The van der Waals surface area contributed by atoms with Gasteiger partial charge in [-0.15, -0.1) is 0 Å². The molecule has 0 bridgehead atoms. The number of hydrogen-bond acceptors (Lipinski definition) is 5. The van der Waals surface area contributed by atoms with Gasteiger partial charge in [0.1, 0.15) is 11.0 Å². The average molecular weight is 294 g/mol. The number of aromatic amines is 1. The van der Waals surface area contributed by atoms with Crippen molar-refractivity contribution in [1.82, 2.24) is 9.97 Å². The van der Waals surface area contributed by atoms with Gasteiger partial charge in [0.2, 0.25) is 0 Å². The second kappa shape index (κ2) is 6.65. The highest BCUT2D eigenvalue weighted by molar-refractivity contribution is 8.00. The minimum Gasteiger partial charge on any atom is -0.494 e. The fraction of sp³-hybridized carbons (Fsp3) is 0.429. The van der Waals surface area contributed by atoms with Crippen molar-refractivity contribution in [2.75, 3.05) is 13.2 Å². The number of esters is 1. The lowest BCUT2D eigenvalue weighted by Crippen LogP contribution is -2.16. The number of carbonyl (C=O) groups is 1. The molecule has 1 heterocycles. The monoisotopic (exact) mass is 294 g/mol. The van der Waals surface area contributed by atoms with Crippen LogP contribution in [0.3, 0.4) is 0 Å². The van der Waals surface area contributed by atoms with Gasteiger partial charge < -0.3 is 14.5 Å². The molecule has 1 aromatic carbocycles. The van der Waals surface area contributed by atoms with Crippen LogP contribution in [0.2, 0.25) is 0 Å². The number of imidazole rings is 1. The van der Waals surface area contributed by atoms with Gasteiger partial charge in [-0.05, 0) is 32.9 Å². The van der Waals surface area contributed by atoms with Gasteiger partial charge in [-0.3, -0.25) is 4.79 Å². The number of carbonyl (C=O) groups excluding carboxylic acids is 1. The Kier molecular flexibility index (Phi) is 4.89. The van der Waals surface area contributed by atoms with Crippen LogP contribution >= 0.6 is 11.8 Å². The van der Waals surface area contributed by atoms with Crippen LogP contribution in [0.15, 0.2) is 23.4 Å². The molecular weight excluding hydrogens is 276 g/mol. The van der Waals surface area contributed by atoms with E-state index >= 15 is 0 Å². The second-order valence-electron chi connectivity index (χ2n) is 4.17. The summed E-state index contributed by atoms with van der Waals surface area (Å²) in [5.74, 6) is 0.576. The molecular formula is C14H18N2O3S. The number of fused-ring (bicyclic) bond motifs is 1. The van der Waals surface area contributed by atoms with E-state index in [-0.39, 0.29) is 11.2 Å². The molecule has 0 aliphatic carbocycles. The maximum atomic E-state index is 11.6. The van der Waals surface area contributed by atoms with Crippen LogP contribution in [-0.2, 0) is 9.53 Å². The molecule has 2 aromatic rings. The summed E-state index contributed by atoms with van der Waals surface area (Å²) in [6.45, 7) is 6.56. The summed E-state index contributed by atoms with van der Waals surface area (Å²) in [5.41, 5.74) is 1.75. The van der Waals surface area contributed by atoms with Crippen molar-refractivity contribution in [1.29, 1.82) is 0 Å². The minimum atomic E-state index is -0.290. The van der Waals surface area contributed by atoms with E-state index in [4.69, 9.17) is 9.47 Å². The van der Waals surface area contributed by atoms with Crippen LogP contribution in [0.1, 0.15) is 20.8 Å². The largest absolute Gasteiger partial charge is 0.494 e. The quantitative estimate of drug-likeness (QED) is 0.655. The van der Waals surface area contributed by atoms with Crippen molar-refractivity contribution < 1.29 is 14.3 Å². The van der Waals surface area contributed by atoms with Gasteiger partial charge in [0.15, 0.2) is 5.16 Å². The molecule has 1 N–H and O–H groups in total. The van der Waals surface area contributed by atoms with Crippen LogP contribution in [-0.4, -0.2) is 34.4 Å². The third kappa shape index (κ3) is 3.45. The highest BCUT2D eigenvalue weighted by Crippen LogP contribution is 2.26. The van der Waals surface area contributed by atoms with Gasteiger partial charge in [0, 0.05) is 6.07 Å². The number of nitrogens with zero attached hydrogens (tertiary/aromatic N) is 1. The molecule has 1 unspecified atom stereocenters. The first-order valence-corrected chi connectivity index (χ1v) is 7.47. The predicted octanol–water partition coefficient (Wildman–Crippen LogP) is 3.01. The van der Waals surface area contributed by atoms with Gasteiger partial charge >= 0.3 is 5.97 Å². The normalized spacial score (nSPS) is 12.3. The first kappa shape index (κ1) is 14.7. The maximum absolute atomic E-state index is 11.6. The van der Waals surface area contributed by atoms with Crippen molar-refractivity contribution in [3.05, 3.63) is 18.2 Å². The molecule has 0 aliphatic rings. The first-order valence-electron chi connectivity index (χ1n) is 6.60. The van der Waals surface area contributed by atoms with Crippen molar-refractivity contribution in [2.45, 2.75) is 31.2 Å². The lowest BCUT2D eigenvalue weighted by Gasteiger charge is -2.07. The molecule has 2 rings (SSSR count). The van der Waals surface area contributed by atoms with Crippen molar-refractivity contribution in [2.24, 2.45) is 0 Å². The number of aromatic nitrogens is 2. The Bertz CT molecular complexity index is 597. The van der Waals surface area contributed by atoms with E-state index in [1.807, 2.05) is 32.0 Å². The van der Waals surface area contributed by atoms with Crippen LogP contribution in [0, 0.1) is 0 Å². The molecule has 0 fully saturated rings. The minimum absolute atomic E-state index is 0.229. The lowest BCUT2D eigenvalue weighted by molar-refractivity contribution is -0.142. The summed E-state index contributed by atoms with van der Waals surface area (Å²) >= 11 is 1.35. The Morgan fingerprint density at radius 1 is 1.40 bits per heavy atom. The Labute approximate surface area is 122 Å². The molecule has 1 aromatic heterocycles. The molecule has 5 nitrogen and oxygen atoms in total. The molecule has 0 radical (unpaired) electrons. The molecule has 0 aliphatic heterocycles. The third-order valence-corrected chi connectivity index (χ3v) is 3.61. The number of hydrogen-bond donors (Lipinski definition) is 1. The molecule has 108 valence electrons. The molecule has 6 heteroatoms. The van der Waals surface area contributed by atoms with E-state index in [9.17, 15) is 4.79 Å². The van der Waals surface area contributed by atoms with Crippen molar-refractivity contribution in [3.63, 3.8) is 0 Å². The van der Waals surface area contributed by atoms with Gasteiger partial charge in [-0.1, -0.05) is 11.8 Å². The highest BCUT2D eigenvalue weighted by Gasteiger charge is 2.17. The Morgan fingerprint density at radius 3 is 2.90 bits per heavy atom. The number of benzene rings is 1. The molecule has 20 heavy (non-hydrogen) atoms. The molecule has 0 saturated heterocycles. The first-order chi connectivity index (χ1) is 9.63. The molecule has 0 spiro atoms. The summed E-state index contributed by atoms with van der Waals surface area (Å²) in [6.07, 6.45) is 0. The smallest absolute Gasteiger partial charge is 0.319 e. The van der Waals surface area contributed by atoms with Gasteiger partial charge in [0.05, 0.1) is 24.2 Å². The van der Waals surface area contributed by atoms with E-state index in [0.717, 1.165) is 16.8 Å². The second-order valence-corrected chi connectivity index (χ2v) is 5.50. The zero-order chi connectivity index (χ0) is 14.5. The van der Waals surface area contributed by atoms with Crippen LogP contribution in [0.25, 0.3) is 11.0 Å². The van der Waals surface area contributed by atoms with Crippen LogP contribution in [0.4, 0.5) is 0 Å². The fourth-order valence-electron chi connectivity index (χ4n) is 1.75. The number of ether oxygens (including phenoxy) is 2. The number of nitrogens with one attached hydrogen (secondary N) is 1. The summed E-state index contributed by atoms with van der Waals surface area (Å²) in [6, 6.07) is 5.69. The number of rotatable bonds is 6. The zero-order valence-electron chi connectivity index (χ0n) is 11.8. The van der Waals surface area contributed by atoms with E-state index in [0.29, 0.717) is 18.4 Å². The lowest BCUT2D eigenvalue weighted by atomic mass is 10.3. The summed E-state index contributed by atoms with van der Waals surface area (Å²) in [7, 11) is 0. The predicted molar refractivity (Wildman–Crippen MR) is 79.2 cm³/mol. The summed E-state index contributed by atoms with van der Waals surface area (Å²) in [4.78, 5) is 19.2. The SMILES string of the molecule is CCOC(=O)C(C)Sc1nc2ccc(OCC)cc2[nH]1. The zero-order valence-corrected chi connectivity index (χ0v) is 12.6. The van der Waals surface area contributed by atoms with Crippen LogP contribution < -0.4 is 4.74 Å². The van der Waals surface area contributed by atoms with Gasteiger partial charge in [-0.25, -0.2) is 4.98 Å². The van der Waals surface area contributed by atoms with Gasteiger partial charge in [-0.2, -0.15) is 0 Å². The van der Waals surface area contributed by atoms with E-state index < -0.39 is 0 Å². The summed E-state index contributed by atoms with van der Waals surface area (Å²) < 4.78 is 10.4. The fourth-order valence-corrected chi connectivity index (χ4v) is 2.57. The van der Waals surface area contributed by atoms with E-state index in [2.05, 4.69) is 9.97 Å². The Balaban J connectivity index is 2.13. The highest BCUT2D eigenvalue weighted by atomic mass is 32.2. The van der Waals surface area contributed by atoms with Crippen molar-refractivity contribution >= 4 is 28.8 Å². The van der Waals surface area contributed by atoms with Gasteiger partial charge in [0.25, 0.3) is 0 Å². The maximum Gasteiger partial charge on any atom is 0.319 e. The van der Waals surface area contributed by atoms with E-state index in [1.54, 1.807) is 6.92 Å². The average Bonchev–Trinajstić information content (AvgIpc) is 2.80. The van der Waals surface area contributed by atoms with E-state index in [1.165, 1.54) is 11.8 Å². The third-order valence-electron chi connectivity index (χ3n) is 2.65. The Hall–Kier alpha value is -1.69. The molecule has 1 atom stereocenters. The standard InChI is InChI=1S/C14H18N2O3S/c1-4-18-10-6-7-11-12(8-10)16-14(15-11)20-9(3)13(17)19-5-2/h6-9H,4-5H2,1-3H3,(H,15,16). The Morgan fingerprint density at radius 2 is 2.20 bits per heavy atom. The summed E-state index contributed by atoms with van der Waals surface area (Å²) in [5, 5.41) is 0.413. The molecule has 0 saturated carbocycles. The van der Waals surface area contributed by atoms with Crippen LogP contribution in [0.5, 0.6) is 5.75 Å². The topological polar surface area (TPSA) is 64.2 Å². The number of thioether (sulfide) groups is 1. The van der Waals surface area contributed by atoms with Crippen molar-refractivity contribution in [3.8, 4) is 5.75 Å².